The summed E-state index contributed by atoms with van der Waals surface area (Å²) in [5.41, 5.74) is 3.40. The van der Waals surface area contributed by atoms with Crippen LogP contribution in [0.15, 0.2) is 24.3 Å². The molecule has 0 spiro atoms. The van der Waals surface area contributed by atoms with Crippen LogP contribution in [0.1, 0.15) is 35.0 Å². The highest BCUT2D eigenvalue weighted by atomic mass is 16.5. The fraction of sp³-hybridized carbons (Fsp3) is 0.450. The number of fused-ring (bicyclic) bond motifs is 1. The summed E-state index contributed by atoms with van der Waals surface area (Å²) in [5, 5.41) is 3.87. The topological polar surface area (TPSA) is 71.5 Å². The van der Waals surface area contributed by atoms with Crippen molar-refractivity contribution in [2.45, 2.75) is 32.7 Å². The van der Waals surface area contributed by atoms with E-state index in [1.54, 1.807) is 12.0 Å². The van der Waals surface area contributed by atoms with Gasteiger partial charge < -0.3 is 15.0 Å². The number of hydrogen-bond donors (Lipinski definition) is 1. The molecule has 0 bridgehead atoms. The predicted molar refractivity (Wildman–Crippen MR) is 100 cm³/mol. The molecule has 0 aliphatic carbocycles. The van der Waals surface area contributed by atoms with Crippen molar-refractivity contribution in [1.82, 2.24) is 15.2 Å². The van der Waals surface area contributed by atoms with Gasteiger partial charge in [-0.25, -0.2) is 0 Å². The molecule has 1 aliphatic heterocycles. The number of pyridine rings is 1. The smallest absolute Gasteiger partial charge is 0.252 e. The standard InChI is InChI=1S/C20H25N3O3/c1-4-14-5-6-18-16(10-14)17(9-13(2)21-18)20(25)22-15-11-19(24)23(12-15)7-8-26-3/h5-6,9-10,15H,4,7-8,11-12H2,1-3H3,(H,22,25). The van der Waals surface area contributed by atoms with Gasteiger partial charge in [-0.15, -0.1) is 0 Å². The molecule has 0 saturated carbocycles. The molecule has 1 N–H and O–H groups in total. The lowest BCUT2D eigenvalue weighted by molar-refractivity contribution is -0.128. The van der Waals surface area contributed by atoms with E-state index in [-0.39, 0.29) is 17.9 Å². The SMILES string of the molecule is CCc1ccc2nc(C)cc(C(=O)NC3CC(=O)N(CCOC)C3)c2c1. The summed E-state index contributed by atoms with van der Waals surface area (Å²) in [5.74, 6) is -0.100. The van der Waals surface area contributed by atoms with Crippen LogP contribution in [-0.4, -0.2) is 54.5 Å². The quantitative estimate of drug-likeness (QED) is 0.861. The summed E-state index contributed by atoms with van der Waals surface area (Å²) in [6.45, 7) is 5.55. The first-order valence-electron chi connectivity index (χ1n) is 8.99. The van der Waals surface area contributed by atoms with E-state index in [0.29, 0.717) is 31.7 Å². The number of benzene rings is 1. The minimum Gasteiger partial charge on any atom is -0.383 e. The Balaban J connectivity index is 1.81. The van der Waals surface area contributed by atoms with Crippen LogP contribution in [0.2, 0.25) is 0 Å². The maximum atomic E-state index is 12.9. The monoisotopic (exact) mass is 355 g/mol. The van der Waals surface area contributed by atoms with Crippen LogP contribution >= 0.6 is 0 Å². The summed E-state index contributed by atoms with van der Waals surface area (Å²) in [6, 6.07) is 7.67. The molecular formula is C20H25N3O3. The Kier molecular flexibility index (Phi) is 5.52. The van der Waals surface area contributed by atoms with Crippen molar-refractivity contribution in [2.24, 2.45) is 0 Å². The molecule has 0 radical (unpaired) electrons. The summed E-state index contributed by atoms with van der Waals surface area (Å²) in [4.78, 5) is 31.2. The average Bonchev–Trinajstić information content (AvgIpc) is 2.97. The number of aryl methyl sites for hydroxylation is 2. The first kappa shape index (κ1) is 18.3. The molecule has 3 rings (SSSR count). The van der Waals surface area contributed by atoms with Gasteiger partial charge in [-0.1, -0.05) is 13.0 Å². The molecule has 138 valence electrons. The van der Waals surface area contributed by atoms with Gasteiger partial charge in [0.1, 0.15) is 0 Å². The minimum absolute atomic E-state index is 0.0522. The fourth-order valence-corrected chi connectivity index (χ4v) is 3.36. The molecule has 1 saturated heterocycles. The number of rotatable bonds is 6. The molecule has 6 nitrogen and oxygen atoms in total. The molecule has 1 unspecified atom stereocenters. The number of hydrogen-bond acceptors (Lipinski definition) is 4. The highest BCUT2D eigenvalue weighted by Crippen LogP contribution is 2.21. The molecule has 2 heterocycles. The number of nitrogens with one attached hydrogen (secondary N) is 1. The molecule has 1 fully saturated rings. The van der Waals surface area contributed by atoms with Gasteiger partial charge in [-0.2, -0.15) is 0 Å². The summed E-state index contributed by atoms with van der Waals surface area (Å²) < 4.78 is 5.03. The van der Waals surface area contributed by atoms with Gasteiger partial charge >= 0.3 is 0 Å². The zero-order valence-corrected chi connectivity index (χ0v) is 15.5. The number of aromatic nitrogens is 1. The maximum Gasteiger partial charge on any atom is 0.252 e. The zero-order chi connectivity index (χ0) is 18.7. The Morgan fingerprint density at radius 3 is 2.92 bits per heavy atom. The van der Waals surface area contributed by atoms with Crippen LogP contribution in [0, 0.1) is 6.92 Å². The van der Waals surface area contributed by atoms with Crippen molar-refractivity contribution in [2.75, 3.05) is 26.8 Å². The van der Waals surface area contributed by atoms with E-state index >= 15 is 0 Å². The third-order valence-electron chi connectivity index (χ3n) is 4.77. The second kappa shape index (κ2) is 7.83. The van der Waals surface area contributed by atoms with E-state index in [1.165, 1.54) is 5.56 Å². The predicted octanol–water partition coefficient (Wildman–Crippen LogP) is 2.08. The zero-order valence-electron chi connectivity index (χ0n) is 15.5. The van der Waals surface area contributed by atoms with E-state index in [9.17, 15) is 9.59 Å². The van der Waals surface area contributed by atoms with Gasteiger partial charge in [0.05, 0.1) is 23.7 Å². The van der Waals surface area contributed by atoms with Crippen molar-refractivity contribution in [3.63, 3.8) is 0 Å². The lowest BCUT2D eigenvalue weighted by Crippen LogP contribution is -2.38. The first-order valence-corrected chi connectivity index (χ1v) is 8.99. The Morgan fingerprint density at radius 1 is 1.38 bits per heavy atom. The van der Waals surface area contributed by atoms with Crippen LogP contribution in [0.25, 0.3) is 10.9 Å². The van der Waals surface area contributed by atoms with E-state index in [0.717, 1.165) is 23.0 Å². The van der Waals surface area contributed by atoms with Gasteiger partial charge in [0.15, 0.2) is 0 Å². The van der Waals surface area contributed by atoms with Crippen LogP contribution in [0.3, 0.4) is 0 Å². The summed E-state index contributed by atoms with van der Waals surface area (Å²) in [6.07, 6.45) is 1.23. The van der Waals surface area contributed by atoms with E-state index < -0.39 is 0 Å². The van der Waals surface area contributed by atoms with Crippen molar-refractivity contribution in [3.8, 4) is 0 Å². The molecule has 1 aromatic heterocycles. The number of likely N-dealkylation sites (tertiary alicyclic amines) is 1. The van der Waals surface area contributed by atoms with Crippen LogP contribution in [0.5, 0.6) is 0 Å². The summed E-state index contributed by atoms with van der Waals surface area (Å²) in [7, 11) is 1.61. The largest absolute Gasteiger partial charge is 0.383 e. The lowest BCUT2D eigenvalue weighted by atomic mass is 10.0. The lowest BCUT2D eigenvalue weighted by Gasteiger charge is -2.17. The van der Waals surface area contributed by atoms with E-state index in [4.69, 9.17) is 4.74 Å². The third-order valence-corrected chi connectivity index (χ3v) is 4.77. The average molecular weight is 355 g/mol. The fourth-order valence-electron chi connectivity index (χ4n) is 3.36. The first-order chi connectivity index (χ1) is 12.5. The molecule has 1 aliphatic rings. The van der Waals surface area contributed by atoms with Crippen molar-refractivity contribution in [3.05, 3.63) is 41.1 Å². The van der Waals surface area contributed by atoms with E-state index in [2.05, 4.69) is 17.2 Å². The maximum absolute atomic E-state index is 12.9. The van der Waals surface area contributed by atoms with E-state index in [1.807, 2.05) is 31.2 Å². The highest BCUT2D eigenvalue weighted by Gasteiger charge is 2.30. The second-order valence-corrected chi connectivity index (χ2v) is 6.72. The number of carbonyl (C=O) groups is 2. The molecule has 26 heavy (non-hydrogen) atoms. The van der Waals surface area contributed by atoms with Crippen LogP contribution < -0.4 is 5.32 Å². The molecule has 2 aromatic rings. The summed E-state index contributed by atoms with van der Waals surface area (Å²) >= 11 is 0. The number of ether oxygens (including phenoxy) is 1. The van der Waals surface area contributed by atoms with Crippen LogP contribution in [-0.2, 0) is 16.0 Å². The molecule has 6 heteroatoms. The van der Waals surface area contributed by atoms with Gasteiger partial charge in [0.2, 0.25) is 5.91 Å². The third kappa shape index (κ3) is 3.85. The molecule has 2 amide bonds. The van der Waals surface area contributed by atoms with Crippen LogP contribution in [0.4, 0.5) is 0 Å². The highest BCUT2D eigenvalue weighted by molar-refractivity contribution is 6.06. The van der Waals surface area contributed by atoms with Gasteiger partial charge in [0, 0.05) is 37.7 Å². The number of methoxy groups -OCH3 is 1. The molecular weight excluding hydrogens is 330 g/mol. The number of carbonyl (C=O) groups excluding carboxylic acids is 2. The Bertz CT molecular complexity index is 834. The Morgan fingerprint density at radius 2 is 2.19 bits per heavy atom. The van der Waals surface area contributed by atoms with Crippen molar-refractivity contribution < 1.29 is 14.3 Å². The minimum atomic E-state index is -0.176. The molecule has 1 atom stereocenters. The Labute approximate surface area is 153 Å². The van der Waals surface area contributed by atoms with Gasteiger partial charge in [-0.3, -0.25) is 14.6 Å². The Hall–Kier alpha value is -2.47. The van der Waals surface area contributed by atoms with Gasteiger partial charge in [-0.05, 0) is 37.1 Å². The van der Waals surface area contributed by atoms with Crippen molar-refractivity contribution >= 4 is 22.7 Å². The van der Waals surface area contributed by atoms with Crippen molar-refractivity contribution in [1.29, 1.82) is 0 Å². The normalized spacial score (nSPS) is 17.1. The second-order valence-electron chi connectivity index (χ2n) is 6.72. The van der Waals surface area contributed by atoms with Gasteiger partial charge in [0.25, 0.3) is 5.91 Å². The number of nitrogens with zero attached hydrogens (tertiary/aromatic N) is 2. The number of amides is 2. The molecule has 1 aromatic carbocycles.